The maximum Gasteiger partial charge on any atom is 0.248 e. The van der Waals surface area contributed by atoms with Crippen LogP contribution in [0.3, 0.4) is 0 Å². The van der Waals surface area contributed by atoms with Gasteiger partial charge in [0, 0.05) is 16.7 Å². The number of benzene rings is 2. The summed E-state index contributed by atoms with van der Waals surface area (Å²) in [4.78, 5) is 4.52. The second kappa shape index (κ2) is 8.45. The molecule has 7 heteroatoms. The summed E-state index contributed by atoms with van der Waals surface area (Å²) in [6, 6.07) is 20.9. The van der Waals surface area contributed by atoms with Gasteiger partial charge in [-0.2, -0.15) is 0 Å². The lowest BCUT2D eigenvalue weighted by atomic mass is 10.0. The van der Waals surface area contributed by atoms with Crippen molar-refractivity contribution in [2.24, 2.45) is 0 Å². The molecule has 0 radical (unpaired) electrons. The first-order chi connectivity index (χ1) is 15.2. The van der Waals surface area contributed by atoms with Crippen LogP contribution in [0.2, 0.25) is 5.02 Å². The first kappa shape index (κ1) is 19.1. The number of nitrogens with zero attached hydrogens (tertiary/aromatic N) is 3. The third-order valence-electron chi connectivity index (χ3n) is 4.69. The molecule has 0 bridgehead atoms. The molecule has 0 atom stereocenters. The molecule has 0 N–H and O–H groups in total. The predicted octanol–water partition coefficient (Wildman–Crippen LogP) is 6.03. The van der Waals surface area contributed by atoms with E-state index < -0.39 is 0 Å². The van der Waals surface area contributed by atoms with Gasteiger partial charge >= 0.3 is 0 Å². The second-order valence-electron chi connectivity index (χ2n) is 6.77. The molecule has 6 nitrogen and oxygen atoms in total. The summed E-state index contributed by atoms with van der Waals surface area (Å²) in [5.74, 6) is 1.16. The van der Waals surface area contributed by atoms with Crippen LogP contribution in [0, 0.1) is 0 Å². The zero-order chi connectivity index (χ0) is 21.0. The Morgan fingerprint density at radius 3 is 2.55 bits per heavy atom. The number of rotatable bonds is 6. The molecule has 0 fully saturated rings. The Hall–Kier alpha value is -3.90. The van der Waals surface area contributed by atoms with Crippen LogP contribution in [0.1, 0.15) is 22.7 Å². The van der Waals surface area contributed by atoms with Gasteiger partial charge in [0.2, 0.25) is 12.3 Å². The number of fused-ring (bicyclic) bond motifs is 1. The molecule has 0 amide bonds. The molecule has 3 heterocycles. The van der Waals surface area contributed by atoms with Crippen LogP contribution in [0.5, 0.6) is 5.75 Å². The van der Waals surface area contributed by atoms with Crippen LogP contribution in [0.4, 0.5) is 0 Å². The Labute approximate surface area is 182 Å². The zero-order valence-corrected chi connectivity index (χ0v) is 17.0. The van der Waals surface area contributed by atoms with E-state index in [0.717, 1.165) is 39.2 Å². The Morgan fingerprint density at radius 2 is 1.77 bits per heavy atom. The molecule has 0 spiro atoms. The Balaban J connectivity index is 1.36. The molecule has 0 saturated heterocycles. The molecule has 0 aliphatic heterocycles. The smallest absolute Gasteiger partial charge is 0.248 e. The lowest BCUT2D eigenvalue weighted by molar-refractivity contribution is 0.302. The highest BCUT2D eigenvalue weighted by Crippen LogP contribution is 2.27. The van der Waals surface area contributed by atoms with Crippen LogP contribution >= 0.6 is 11.6 Å². The van der Waals surface area contributed by atoms with Crippen molar-refractivity contribution in [3.63, 3.8) is 0 Å². The zero-order valence-electron chi connectivity index (χ0n) is 16.2. The number of pyridine rings is 1. The molecule has 0 unspecified atom stereocenters. The SMILES string of the molecule is Clc1ccc(/C=C(\c2ccc(OCc3ccc4occc4n3)cc2)c2nnco2)cc1. The number of aromatic nitrogens is 3. The molecule has 152 valence electrons. The highest BCUT2D eigenvalue weighted by Gasteiger charge is 2.11. The van der Waals surface area contributed by atoms with Gasteiger partial charge in [0.1, 0.15) is 17.9 Å². The first-order valence-electron chi connectivity index (χ1n) is 9.55. The standard InChI is InChI=1S/C24H16ClN3O3/c25-18-5-1-16(2-6-18)13-21(24-28-26-15-31-24)17-3-8-20(9-4-17)30-14-19-7-10-23-22(27-19)11-12-29-23/h1-13,15H,14H2/b21-13+. The van der Waals surface area contributed by atoms with Crippen molar-refractivity contribution in [1.82, 2.24) is 15.2 Å². The monoisotopic (exact) mass is 429 g/mol. The van der Waals surface area contributed by atoms with E-state index in [4.69, 9.17) is 25.2 Å². The van der Waals surface area contributed by atoms with E-state index in [9.17, 15) is 0 Å². The fraction of sp³-hybridized carbons (Fsp3) is 0.0417. The lowest BCUT2D eigenvalue weighted by Gasteiger charge is -2.08. The molecule has 2 aromatic carbocycles. The highest BCUT2D eigenvalue weighted by atomic mass is 35.5. The molecule has 0 aliphatic rings. The molecule has 5 aromatic rings. The molecule has 5 rings (SSSR count). The van der Waals surface area contributed by atoms with Gasteiger partial charge in [-0.3, -0.25) is 0 Å². The minimum atomic E-state index is 0.359. The predicted molar refractivity (Wildman–Crippen MR) is 118 cm³/mol. The van der Waals surface area contributed by atoms with Crippen LogP contribution in [0.25, 0.3) is 22.7 Å². The van der Waals surface area contributed by atoms with E-state index in [2.05, 4.69) is 15.2 Å². The van der Waals surface area contributed by atoms with Crippen molar-refractivity contribution in [2.75, 3.05) is 0 Å². The fourth-order valence-corrected chi connectivity index (χ4v) is 3.27. The lowest BCUT2D eigenvalue weighted by Crippen LogP contribution is -1.98. The third kappa shape index (κ3) is 4.34. The third-order valence-corrected chi connectivity index (χ3v) is 4.94. The van der Waals surface area contributed by atoms with Crippen LogP contribution in [-0.4, -0.2) is 15.2 Å². The van der Waals surface area contributed by atoms with Crippen LogP contribution < -0.4 is 4.74 Å². The fourth-order valence-electron chi connectivity index (χ4n) is 3.15. The molecule has 31 heavy (non-hydrogen) atoms. The first-order valence-corrected chi connectivity index (χ1v) is 9.92. The van der Waals surface area contributed by atoms with Crippen molar-refractivity contribution >= 4 is 34.3 Å². The number of ether oxygens (including phenoxy) is 1. The highest BCUT2D eigenvalue weighted by molar-refractivity contribution is 6.30. The van der Waals surface area contributed by atoms with Crippen molar-refractivity contribution in [3.8, 4) is 5.75 Å². The molecule has 3 aromatic heterocycles. The maximum atomic E-state index is 5.99. The molecule has 0 aliphatic carbocycles. The summed E-state index contributed by atoms with van der Waals surface area (Å²) in [5.41, 5.74) is 5.09. The van der Waals surface area contributed by atoms with Crippen molar-refractivity contribution in [2.45, 2.75) is 6.61 Å². The Kier molecular flexibility index (Phi) is 5.21. The summed E-state index contributed by atoms with van der Waals surface area (Å²) >= 11 is 5.99. The van der Waals surface area contributed by atoms with Gasteiger partial charge in [0.25, 0.3) is 0 Å². The normalized spacial score (nSPS) is 11.7. The number of halogens is 1. The van der Waals surface area contributed by atoms with Gasteiger partial charge < -0.3 is 13.6 Å². The summed E-state index contributed by atoms with van der Waals surface area (Å²) in [6.45, 7) is 0.359. The number of furan rings is 1. The average Bonchev–Trinajstić information content (AvgIpc) is 3.49. The van der Waals surface area contributed by atoms with Gasteiger partial charge in [-0.1, -0.05) is 35.9 Å². The maximum absolute atomic E-state index is 5.99. The van der Waals surface area contributed by atoms with Crippen LogP contribution in [0.15, 0.2) is 88.2 Å². The topological polar surface area (TPSA) is 74.2 Å². The average molecular weight is 430 g/mol. The van der Waals surface area contributed by atoms with E-state index in [1.807, 2.05) is 72.8 Å². The van der Waals surface area contributed by atoms with Crippen molar-refractivity contribution in [1.29, 1.82) is 0 Å². The minimum Gasteiger partial charge on any atom is -0.487 e. The largest absolute Gasteiger partial charge is 0.487 e. The van der Waals surface area contributed by atoms with E-state index in [0.29, 0.717) is 17.5 Å². The van der Waals surface area contributed by atoms with Crippen molar-refractivity contribution < 1.29 is 13.6 Å². The summed E-state index contributed by atoms with van der Waals surface area (Å²) in [7, 11) is 0. The van der Waals surface area contributed by atoms with Gasteiger partial charge in [-0.25, -0.2) is 4.98 Å². The molecular formula is C24H16ClN3O3. The van der Waals surface area contributed by atoms with Crippen LogP contribution in [-0.2, 0) is 6.61 Å². The van der Waals surface area contributed by atoms with E-state index >= 15 is 0 Å². The van der Waals surface area contributed by atoms with E-state index in [1.165, 1.54) is 6.39 Å². The minimum absolute atomic E-state index is 0.359. The second-order valence-corrected chi connectivity index (χ2v) is 7.21. The Bertz CT molecular complexity index is 1330. The quantitative estimate of drug-likeness (QED) is 0.307. The number of hydrogen-bond acceptors (Lipinski definition) is 6. The van der Waals surface area contributed by atoms with Gasteiger partial charge in [-0.05, 0) is 53.6 Å². The van der Waals surface area contributed by atoms with E-state index in [1.54, 1.807) is 6.26 Å². The molecule has 0 saturated carbocycles. The van der Waals surface area contributed by atoms with E-state index in [-0.39, 0.29) is 0 Å². The molecular weight excluding hydrogens is 414 g/mol. The summed E-state index contributed by atoms with van der Waals surface area (Å²) < 4.78 is 16.7. The number of hydrogen-bond donors (Lipinski definition) is 0. The van der Waals surface area contributed by atoms with Gasteiger partial charge in [0.05, 0.1) is 12.0 Å². The van der Waals surface area contributed by atoms with Gasteiger partial charge in [0.15, 0.2) is 5.58 Å². The van der Waals surface area contributed by atoms with Crippen molar-refractivity contribution in [3.05, 3.63) is 107 Å². The Morgan fingerprint density at radius 1 is 0.935 bits per heavy atom. The summed E-state index contributed by atoms with van der Waals surface area (Å²) in [6.07, 6.45) is 4.91. The summed E-state index contributed by atoms with van der Waals surface area (Å²) in [5, 5.41) is 8.55. The van der Waals surface area contributed by atoms with Gasteiger partial charge in [-0.15, -0.1) is 10.2 Å².